The van der Waals surface area contributed by atoms with Crippen molar-refractivity contribution < 1.29 is 38.1 Å². The van der Waals surface area contributed by atoms with Gasteiger partial charge in [-0.25, -0.2) is 0 Å². The molecule has 0 radical (unpaired) electrons. The van der Waals surface area contributed by atoms with Gasteiger partial charge in [0.15, 0.2) is 11.6 Å². The highest BCUT2D eigenvalue weighted by Crippen LogP contribution is 2.40. The number of Topliss-reactive ketones (excluding diaryl/α,β-unsaturated/α-hetero) is 2. The maximum atomic E-state index is 13.3. The van der Waals surface area contributed by atoms with Crippen LogP contribution in [0.3, 0.4) is 0 Å². The molecule has 74 heavy (non-hydrogen) atoms. The van der Waals surface area contributed by atoms with E-state index < -0.39 is 0 Å². The second kappa shape index (κ2) is 25.4. The molecule has 10 rings (SSSR count). The first kappa shape index (κ1) is 52.0. The highest BCUT2D eigenvalue weighted by atomic mass is 16.5. The number of ketones is 2. The van der Waals surface area contributed by atoms with Crippen molar-refractivity contribution in [2.24, 2.45) is 11.8 Å². The van der Waals surface area contributed by atoms with Gasteiger partial charge < -0.3 is 28.7 Å². The molecule has 10 nitrogen and oxygen atoms in total. The Bertz CT molecular complexity index is 2560. The van der Waals surface area contributed by atoms with Crippen LogP contribution >= 0.6 is 0 Å². The van der Waals surface area contributed by atoms with Crippen LogP contribution in [0.1, 0.15) is 143 Å². The van der Waals surface area contributed by atoms with Gasteiger partial charge in [0.25, 0.3) is 0 Å². The normalized spacial score (nSPS) is 20.2. The van der Waals surface area contributed by atoms with E-state index >= 15 is 0 Å². The summed E-state index contributed by atoms with van der Waals surface area (Å²) in [5, 5.41) is 0. The Balaban J connectivity index is 0.000000182. The Morgan fingerprint density at radius 1 is 0.432 bits per heavy atom. The number of benzene rings is 6. The highest BCUT2D eigenvalue weighted by Gasteiger charge is 2.43. The molecule has 0 spiro atoms. The number of rotatable bonds is 18. The Hall–Kier alpha value is -6.88. The molecule has 2 saturated carbocycles. The van der Waals surface area contributed by atoms with E-state index in [9.17, 15) is 19.2 Å². The number of likely N-dealkylation sites (tertiary alicyclic amines) is 2. The average Bonchev–Trinajstić information content (AvgIpc) is 3.95. The van der Waals surface area contributed by atoms with Gasteiger partial charge in [0.05, 0.1) is 64.6 Å². The molecule has 2 amide bonds. The summed E-state index contributed by atoms with van der Waals surface area (Å²) in [5.74, 6) is 2.50. The number of carbonyl (C=O) groups excluding carboxylic acids is 4. The lowest BCUT2D eigenvalue weighted by Gasteiger charge is -2.29. The summed E-state index contributed by atoms with van der Waals surface area (Å²) in [6.07, 6.45) is 11.1. The van der Waals surface area contributed by atoms with Crippen LogP contribution in [0, 0.1) is 11.8 Å². The van der Waals surface area contributed by atoms with Crippen LogP contribution in [0.5, 0.6) is 11.5 Å². The van der Waals surface area contributed by atoms with Crippen LogP contribution in [0.15, 0.2) is 158 Å². The smallest absolute Gasteiger partial charge is 0.226 e. The van der Waals surface area contributed by atoms with Crippen molar-refractivity contribution in [3.05, 3.63) is 202 Å². The molecule has 0 bridgehead atoms. The molecule has 2 heterocycles. The molecule has 6 aromatic rings. The lowest BCUT2D eigenvalue weighted by molar-refractivity contribution is -0.130. The molecule has 0 unspecified atom stereocenters. The van der Waals surface area contributed by atoms with Crippen molar-refractivity contribution in [3.8, 4) is 11.5 Å². The van der Waals surface area contributed by atoms with Crippen LogP contribution in [-0.4, -0.2) is 59.6 Å². The van der Waals surface area contributed by atoms with E-state index in [0.717, 1.165) is 107 Å². The van der Waals surface area contributed by atoms with Crippen molar-refractivity contribution in [2.75, 3.05) is 14.2 Å². The second-order valence-corrected chi connectivity index (χ2v) is 20.3. The fourth-order valence-electron chi connectivity index (χ4n) is 11.3. The second-order valence-electron chi connectivity index (χ2n) is 20.3. The Kier molecular flexibility index (Phi) is 17.8. The van der Waals surface area contributed by atoms with Crippen molar-refractivity contribution in [1.29, 1.82) is 0 Å². The third kappa shape index (κ3) is 13.1. The fourth-order valence-corrected chi connectivity index (χ4v) is 11.3. The van der Waals surface area contributed by atoms with E-state index in [-0.39, 0.29) is 59.5 Å². The largest absolute Gasteiger partial charge is 0.497 e. The van der Waals surface area contributed by atoms with Crippen molar-refractivity contribution in [3.63, 3.8) is 0 Å². The number of hydrogen-bond donors (Lipinski definition) is 0. The van der Waals surface area contributed by atoms with E-state index in [2.05, 4.69) is 0 Å². The molecule has 6 aromatic carbocycles. The molecule has 0 N–H and O–H groups in total. The molecular formula is C64H70N2O8. The van der Waals surface area contributed by atoms with Gasteiger partial charge >= 0.3 is 0 Å². The van der Waals surface area contributed by atoms with Gasteiger partial charge in [-0.05, 0) is 83.3 Å². The Morgan fingerprint density at radius 3 is 1.12 bits per heavy atom. The predicted octanol–water partition coefficient (Wildman–Crippen LogP) is 13.0. The summed E-state index contributed by atoms with van der Waals surface area (Å²) in [7, 11) is 3.29. The van der Waals surface area contributed by atoms with Crippen LogP contribution < -0.4 is 9.47 Å². The number of nitrogens with zero attached hydrogens (tertiary/aromatic N) is 2. The zero-order chi connectivity index (χ0) is 51.2. The number of amides is 2. The standard InChI is InChI=1S/2C32H35NO4/c2*1-36-28-18-12-23(13-19-28)21-33-30(34)20-29(37-22-24-8-4-2-5-9-24)31(33)25-14-16-27(17-15-25)32(35)26-10-6-3-7-11-26/h2*2,4-5,8-9,12-19,26,29,31H,3,6-7,10-11,20-22H2,1H3/t2*29-,31+/m00/s1. The van der Waals surface area contributed by atoms with Crippen molar-refractivity contribution in [2.45, 2.75) is 128 Å². The van der Waals surface area contributed by atoms with Crippen LogP contribution in [0.25, 0.3) is 0 Å². The maximum absolute atomic E-state index is 13.3. The maximum Gasteiger partial charge on any atom is 0.226 e. The molecule has 0 aromatic heterocycles. The zero-order valence-electron chi connectivity index (χ0n) is 42.9. The SMILES string of the molecule is COc1ccc(CN2C(=O)C[C@H](OCc3ccccc3)[C@H]2c2ccc(C(=O)C3CCCCC3)cc2)cc1.COc1ccc(CN2C(=O)C[C@H](OCc3ccccc3)[C@H]2c2ccc(C(=O)C3CCCCC3)cc2)cc1. The van der Waals surface area contributed by atoms with Crippen molar-refractivity contribution >= 4 is 23.4 Å². The van der Waals surface area contributed by atoms with E-state index in [1.165, 1.54) is 12.8 Å². The van der Waals surface area contributed by atoms with E-state index in [0.29, 0.717) is 39.1 Å². The van der Waals surface area contributed by atoms with E-state index in [1.54, 1.807) is 14.2 Å². The van der Waals surface area contributed by atoms with Gasteiger partial charge in [-0.15, -0.1) is 0 Å². The quantitative estimate of drug-likeness (QED) is 0.0783. The molecule has 4 fully saturated rings. The molecule has 4 aliphatic rings. The molecule has 2 aliphatic carbocycles. The molecule has 2 saturated heterocycles. The summed E-state index contributed by atoms with van der Waals surface area (Å²) in [4.78, 5) is 56.5. The van der Waals surface area contributed by atoms with Crippen LogP contribution in [0.2, 0.25) is 0 Å². The Morgan fingerprint density at radius 2 is 0.784 bits per heavy atom. The summed E-state index contributed by atoms with van der Waals surface area (Å²) in [6, 6.07) is 51.1. The summed E-state index contributed by atoms with van der Waals surface area (Å²) in [6.45, 7) is 1.87. The molecule has 4 atom stereocenters. The van der Waals surface area contributed by atoms with E-state index in [1.807, 2.05) is 168 Å². The third-order valence-corrected chi connectivity index (χ3v) is 15.4. The minimum atomic E-state index is -0.272. The predicted molar refractivity (Wildman–Crippen MR) is 287 cm³/mol. The molecule has 2 aliphatic heterocycles. The zero-order valence-corrected chi connectivity index (χ0v) is 42.9. The minimum Gasteiger partial charge on any atom is -0.497 e. The number of methoxy groups -OCH3 is 2. The van der Waals surface area contributed by atoms with Crippen LogP contribution in [-0.2, 0) is 45.4 Å². The van der Waals surface area contributed by atoms with Gasteiger partial charge in [0.2, 0.25) is 11.8 Å². The van der Waals surface area contributed by atoms with Crippen molar-refractivity contribution in [1.82, 2.24) is 9.80 Å². The molecular weight excluding hydrogens is 925 g/mol. The first-order valence-corrected chi connectivity index (χ1v) is 26.7. The van der Waals surface area contributed by atoms with Gasteiger partial charge in [-0.1, -0.05) is 172 Å². The van der Waals surface area contributed by atoms with Gasteiger partial charge in [0.1, 0.15) is 11.5 Å². The molecule has 384 valence electrons. The van der Waals surface area contributed by atoms with Gasteiger partial charge in [0, 0.05) is 36.1 Å². The molecule has 10 heteroatoms. The summed E-state index contributed by atoms with van der Waals surface area (Å²) in [5.41, 5.74) is 7.76. The lowest BCUT2D eigenvalue weighted by Crippen LogP contribution is -2.30. The lowest BCUT2D eigenvalue weighted by atomic mass is 9.83. The number of carbonyl (C=O) groups is 4. The highest BCUT2D eigenvalue weighted by molar-refractivity contribution is 5.98. The summed E-state index contributed by atoms with van der Waals surface area (Å²) < 4.78 is 23.3. The summed E-state index contributed by atoms with van der Waals surface area (Å²) >= 11 is 0. The monoisotopic (exact) mass is 995 g/mol. The first-order chi connectivity index (χ1) is 36.2. The van der Waals surface area contributed by atoms with Gasteiger partial charge in [-0.2, -0.15) is 0 Å². The Labute approximate surface area is 437 Å². The third-order valence-electron chi connectivity index (χ3n) is 15.4. The average molecular weight is 995 g/mol. The topological polar surface area (TPSA) is 112 Å². The van der Waals surface area contributed by atoms with E-state index in [4.69, 9.17) is 18.9 Å². The van der Waals surface area contributed by atoms with Gasteiger partial charge in [-0.3, -0.25) is 19.2 Å². The first-order valence-electron chi connectivity index (χ1n) is 26.7. The minimum absolute atomic E-state index is 0.0706. The van der Waals surface area contributed by atoms with Crippen LogP contribution in [0.4, 0.5) is 0 Å². The fraction of sp³-hybridized carbons (Fsp3) is 0.375. The number of ether oxygens (including phenoxy) is 4. The number of hydrogen-bond acceptors (Lipinski definition) is 8.